The van der Waals surface area contributed by atoms with E-state index >= 15 is 0 Å². The van der Waals surface area contributed by atoms with Gasteiger partial charge in [-0.25, -0.2) is 0 Å². The Morgan fingerprint density at radius 3 is 2.35 bits per heavy atom. The van der Waals surface area contributed by atoms with E-state index in [1.807, 2.05) is 0 Å². The van der Waals surface area contributed by atoms with Crippen LogP contribution in [0.4, 0.5) is 5.69 Å². The van der Waals surface area contributed by atoms with Crippen molar-refractivity contribution >= 4 is 11.6 Å². The second kappa shape index (κ2) is 7.00. The van der Waals surface area contributed by atoms with Crippen LogP contribution in [0.1, 0.15) is 31.2 Å². The van der Waals surface area contributed by atoms with Crippen LogP contribution in [0.5, 0.6) is 0 Å². The number of terminal acetylenes is 1. The summed E-state index contributed by atoms with van der Waals surface area (Å²) < 4.78 is 0. The standard InChI is InChI=1S/C17H22N2O/c1-3-17(20)18(2)14-15-8-10-16(11-9-15)19-12-6-4-5-7-13-19/h1,8-11H,4-7,12-14H2,2H3. The van der Waals surface area contributed by atoms with Crippen molar-refractivity contribution in [2.45, 2.75) is 32.2 Å². The highest BCUT2D eigenvalue weighted by Gasteiger charge is 2.10. The second-order valence-corrected chi connectivity index (χ2v) is 5.37. The zero-order chi connectivity index (χ0) is 14.4. The largest absolute Gasteiger partial charge is 0.372 e. The first-order chi connectivity index (χ1) is 9.70. The van der Waals surface area contributed by atoms with Crippen LogP contribution in [-0.4, -0.2) is 30.9 Å². The Balaban J connectivity index is 1.99. The molecule has 0 aliphatic carbocycles. The molecule has 0 aromatic heterocycles. The van der Waals surface area contributed by atoms with Crippen LogP contribution in [-0.2, 0) is 11.3 Å². The van der Waals surface area contributed by atoms with Gasteiger partial charge in [-0.2, -0.15) is 0 Å². The van der Waals surface area contributed by atoms with Crippen LogP contribution in [0, 0.1) is 12.3 Å². The fourth-order valence-electron chi connectivity index (χ4n) is 2.60. The molecule has 1 aromatic carbocycles. The molecule has 1 aliphatic heterocycles. The van der Waals surface area contributed by atoms with Gasteiger partial charge in [-0.05, 0) is 36.5 Å². The molecular formula is C17H22N2O. The predicted octanol–water partition coefficient (Wildman–Crippen LogP) is 2.66. The van der Waals surface area contributed by atoms with E-state index in [1.165, 1.54) is 31.4 Å². The van der Waals surface area contributed by atoms with Crippen molar-refractivity contribution in [1.82, 2.24) is 4.90 Å². The van der Waals surface area contributed by atoms with Gasteiger partial charge in [0.1, 0.15) is 0 Å². The third kappa shape index (κ3) is 3.77. The Hall–Kier alpha value is -1.95. The number of carbonyl (C=O) groups excluding carboxylic acids is 1. The van der Waals surface area contributed by atoms with Gasteiger partial charge in [0.25, 0.3) is 5.91 Å². The zero-order valence-corrected chi connectivity index (χ0v) is 12.1. The monoisotopic (exact) mass is 270 g/mol. The minimum absolute atomic E-state index is 0.276. The highest BCUT2D eigenvalue weighted by molar-refractivity contribution is 5.92. The zero-order valence-electron chi connectivity index (χ0n) is 12.1. The first-order valence-corrected chi connectivity index (χ1v) is 7.26. The number of amides is 1. The molecule has 106 valence electrons. The maximum absolute atomic E-state index is 11.4. The Bertz CT molecular complexity index is 479. The maximum atomic E-state index is 11.4. The number of hydrogen-bond donors (Lipinski definition) is 0. The van der Waals surface area contributed by atoms with Crippen LogP contribution < -0.4 is 4.90 Å². The molecule has 0 atom stereocenters. The summed E-state index contributed by atoms with van der Waals surface area (Å²) in [4.78, 5) is 15.4. The van der Waals surface area contributed by atoms with E-state index in [0.29, 0.717) is 6.54 Å². The van der Waals surface area contributed by atoms with Crippen LogP contribution in [0.25, 0.3) is 0 Å². The van der Waals surface area contributed by atoms with Gasteiger partial charge in [-0.15, -0.1) is 6.42 Å². The highest BCUT2D eigenvalue weighted by atomic mass is 16.2. The minimum atomic E-state index is -0.276. The molecule has 3 nitrogen and oxygen atoms in total. The van der Waals surface area contributed by atoms with E-state index in [4.69, 9.17) is 6.42 Å². The summed E-state index contributed by atoms with van der Waals surface area (Å²) in [5.41, 5.74) is 2.39. The maximum Gasteiger partial charge on any atom is 0.298 e. The predicted molar refractivity (Wildman–Crippen MR) is 82.4 cm³/mol. The van der Waals surface area contributed by atoms with Gasteiger partial charge in [0.2, 0.25) is 0 Å². The molecule has 0 spiro atoms. The first-order valence-electron chi connectivity index (χ1n) is 7.26. The van der Waals surface area contributed by atoms with E-state index in [1.54, 1.807) is 11.9 Å². The number of hydrogen-bond acceptors (Lipinski definition) is 2. The van der Waals surface area contributed by atoms with Crippen LogP contribution in [0.15, 0.2) is 24.3 Å². The highest BCUT2D eigenvalue weighted by Crippen LogP contribution is 2.20. The summed E-state index contributed by atoms with van der Waals surface area (Å²) in [6.07, 6.45) is 10.4. The lowest BCUT2D eigenvalue weighted by atomic mass is 10.1. The Labute approximate surface area is 121 Å². The van der Waals surface area contributed by atoms with E-state index < -0.39 is 0 Å². The van der Waals surface area contributed by atoms with Crippen molar-refractivity contribution in [3.05, 3.63) is 29.8 Å². The molecule has 1 aromatic rings. The van der Waals surface area contributed by atoms with Crippen LogP contribution in [0.2, 0.25) is 0 Å². The van der Waals surface area contributed by atoms with Crippen molar-refractivity contribution in [3.63, 3.8) is 0 Å². The van der Waals surface area contributed by atoms with E-state index in [0.717, 1.165) is 18.7 Å². The summed E-state index contributed by atoms with van der Waals surface area (Å²) in [5.74, 6) is 1.86. The van der Waals surface area contributed by atoms with Gasteiger partial charge in [0, 0.05) is 32.4 Å². The lowest BCUT2D eigenvalue weighted by molar-refractivity contribution is -0.124. The molecule has 1 aliphatic rings. The summed E-state index contributed by atoms with van der Waals surface area (Å²) in [7, 11) is 1.73. The molecule has 0 unspecified atom stereocenters. The topological polar surface area (TPSA) is 23.6 Å². The summed E-state index contributed by atoms with van der Waals surface area (Å²) in [6, 6.07) is 8.46. The van der Waals surface area contributed by atoms with Crippen molar-refractivity contribution in [2.75, 3.05) is 25.0 Å². The summed E-state index contributed by atoms with van der Waals surface area (Å²) in [6.45, 7) is 2.85. The molecule has 20 heavy (non-hydrogen) atoms. The number of rotatable bonds is 3. The van der Waals surface area contributed by atoms with Crippen molar-refractivity contribution in [2.24, 2.45) is 0 Å². The molecule has 1 heterocycles. The van der Waals surface area contributed by atoms with Gasteiger partial charge < -0.3 is 9.80 Å². The van der Waals surface area contributed by atoms with Crippen molar-refractivity contribution in [1.29, 1.82) is 0 Å². The summed E-state index contributed by atoms with van der Waals surface area (Å²) in [5, 5.41) is 0. The lowest BCUT2D eigenvalue weighted by Crippen LogP contribution is -2.25. The van der Waals surface area contributed by atoms with Gasteiger partial charge in [-0.3, -0.25) is 4.79 Å². The van der Waals surface area contributed by atoms with E-state index in [2.05, 4.69) is 35.1 Å². The third-order valence-corrected chi connectivity index (χ3v) is 3.80. The number of nitrogens with zero attached hydrogens (tertiary/aromatic N) is 2. The SMILES string of the molecule is C#CC(=O)N(C)Cc1ccc(N2CCCCCC2)cc1. The van der Waals surface area contributed by atoms with Gasteiger partial charge >= 0.3 is 0 Å². The van der Waals surface area contributed by atoms with Gasteiger partial charge in [-0.1, -0.05) is 25.0 Å². The Kier molecular flexibility index (Phi) is 5.06. The molecular weight excluding hydrogens is 248 g/mol. The molecule has 1 amide bonds. The second-order valence-electron chi connectivity index (χ2n) is 5.37. The molecule has 1 saturated heterocycles. The van der Waals surface area contributed by atoms with Crippen molar-refractivity contribution in [3.8, 4) is 12.3 Å². The quantitative estimate of drug-likeness (QED) is 0.788. The van der Waals surface area contributed by atoms with Crippen molar-refractivity contribution < 1.29 is 4.79 Å². The number of benzene rings is 1. The minimum Gasteiger partial charge on any atom is -0.372 e. The van der Waals surface area contributed by atoms with Crippen LogP contribution in [0.3, 0.4) is 0 Å². The van der Waals surface area contributed by atoms with E-state index in [-0.39, 0.29) is 5.91 Å². The molecule has 2 rings (SSSR count). The smallest absolute Gasteiger partial charge is 0.298 e. The van der Waals surface area contributed by atoms with E-state index in [9.17, 15) is 4.79 Å². The van der Waals surface area contributed by atoms with Gasteiger partial charge in [0.15, 0.2) is 0 Å². The third-order valence-electron chi connectivity index (χ3n) is 3.80. The molecule has 0 saturated carbocycles. The molecule has 0 bridgehead atoms. The first kappa shape index (κ1) is 14.5. The average Bonchev–Trinajstić information content (AvgIpc) is 2.76. The average molecular weight is 270 g/mol. The van der Waals surface area contributed by atoms with Gasteiger partial charge in [0.05, 0.1) is 0 Å². The number of anilines is 1. The lowest BCUT2D eigenvalue weighted by Gasteiger charge is -2.23. The Morgan fingerprint density at radius 1 is 1.20 bits per heavy atom. The van der Waals surface area contributed by atoms with Crippen LogP contribution >= 0.6 is 0 Å². The fourth-order valence-corrected chi connectivity index (χ4v) is 2.60. The normalized spacial score (nSPS) is 15.3. The molecule has 0 N–H and O–H groups in total. The number of carbonyl (C=O) groups is 1. The fraction of sp³-hybridized carbons (Fsp3) is 0.471. The molecule has 0 radical (unpaired) electrons. The summed E-state index contributed by atoms with van der Waals surface area (Å²) >= 11 is 0. The Morgan fingerprint density at radius 2 is 1.80 bits per heavy atom. The molecule has 1 fully saturated rings. The molecule has 3 heteroatoms.